The van der Waals surface area contributed by atoms with Crippen LogP contribution in [0.15, 0.2) is 46.0 Å². The highest BCUT2D eigenvalue weighted by Crippen LogP contribution is 2.37. The van der Waals surface area contributed by atoms with Crippen LogP contribution in [0.25, 0.3) is 16.6 Å². The summed E-state index contributed by atoms with van der Waals surface area (Å²) in [6.07, 6.45) is 6.07. The molecule has 0 saturated heterocycles. The van der Waals surface area contributed by atoms with Gasteiger partial charge in [0.25, 0.3) is 5.56 Å². The maximum atomic E-state index is 13.4. The Kier molecular flexibility index (Phi) is 3.20. The number of pyridine rings is 2. The zero-order valence-corrected chi connectivity index (χ0v) is 14.0. The van der Waals surface area contributed by atoms with Crippen LogP contribution in [0.5, 0.6) is 0 Å². The lowest BCUT2D eigenvalue weighted by Gasteiger charge is -2.29. The number of aromatic amines is 1. The highest BCUT2D eigenvalue weighted by molar-refractivity contribution is 5.80. The lowest BCUT2D eigenvalue weighted by Crippen LogP contribution is -2.30. The minimum absolute atomic E-state index is 0.0731. The van der Waals surface area contributed by atoms with E-state index in [1.165, 1.54) is 6.42 Å². The fourth-order valence-corrected chi connectivity index (χ4v) is 4.24. The number of nitrogens with zero attached hydrogens (tertiary/aromatic N) is 1. The molecule has 2 heterocycles. The molecule has 0 aliphatic heterocycles. The summed E-state index contributed by atoms with van der Waals surface area (Å²) < 4.78 is 1.77. The lowest BCUT2D eigenvalue weighted by molar-refractivity contribution is 0.404. The Hall–Kier alpha value is -2.62. The molecule has 126 valence electrons. The number of fused-ring (bicyclic) bond motifs is 2. The maximum Gasteiger partial charge on any atom is 0.268 e. The third-order valence-corrected chi connectivity index (χ3v) is 5.78. The molecular weight excluding hydrogens is 312 g/mol. The Morgan fingerprint density at radius 3 is 2.52 bits per heavy atom. The van der Waals surface area contributed by atoms with E-state index < -0.39 is 0 Å². The largest absolute Gasteiger partial charge is 0.358 e. The number of hydrogen-bond acceptors (Lipinski definition) is 2. The number of hydrogen-bond donors (Lipinski definition) is 1. The van der Waals surface area contributed by atoms with Gasteiger partial charge >= 0.3 is 0 Å². The summed E-state index contributed by atoms with van der Waals surface area (Å²) in [5.74, 6) is 0.397. The van der Waals surface area contributed by atoms with Gasteiger partial charge in [-0.1, -0.05) is 24.6 Å². The van der Waals surface area contributed by atoms with Gasteiger partial charge in [0.05, 0.1) is 5.52 Å². The van der Waals surface area contributed by atoms with Gasteiger partial charge in [0, 0.05) is 22.6 Å². The van der Waals surface area contributed by atoms with Gasteiger partial charge in [-0.2, -0.15) is 0 Å². The average Bonchev–Trinajstić information content (AvgIpc) is 3.03. The molecule has 1 saturated carbocycles. The Morgan fingerprint density at radius 1 is 1.00 bits per heavy atom. The van der Waals surface area contributed by atoms with E-state index >= 15 is 0 Å². The Bertz CT molecular complexity index is 1090. The van der Waals surface area contributed by atoms with E-state index in [4.69, 9.17) is 0 Å². The topological polar surface area (TPSA) is 54.9 Å². The molecule has 4 heteroatoms. The summed E-state index contributed by atoms with van der Waals surface area (Å²) in [5.41, 5.74) is 4.16. The Morgan fingerprint density at radius 2 is 1.80 bits per heavy atom. The normalized spacial score (nSPS) is 16.8. The molecule has 1 aromatic carbocycles. The van der Waals surface area contributed by atoms with Crippen molar-refractivity contribution in [3.8, 4) is 5.69 Å². The first kappa shape index (κ1) is 14.7. The van der Waals surface area contributed by atoms with E-state index in [0.717, 1.165) is 54.7 Å². The van der Waals surface area contributed by atoms with Crippen molar-refractivity contribution < 1.29 is 0 Å². The van der Waals surface area contributed by atoms with Crippen molar-refractivity contribution in [3.63, 3.8) is 0 Å². The van der Waals surface area contributed by atoms with Gasteiger partial charge in [0.2, 0.25) is 0 Å². The SMILES string of the molecule is O=c1c2c([nH]c3cc(C4CCC4)n(-c4ccccc4)c(=O)c13)CCC2. The molecule has 2 aliphatic rings. The third-order valence-electron chi connectivity index (χ3n) is 5.78. The zero-order chi connectivity index (χ0) is 17.0. The fraction of sp³-hybridized carbons (Fsp3) is 0.333. The molecule has 0 unspecified atom stereocenters. The van der Waals surface area contributed by atoms with Crippen LogP contribution in [0.3, 0.4) is 0 Å². The van der Waals surface area contributed by atoms with Gasteiger partial charge in [-0.05, 0) is 56.2 Å². The summed E-state index contributed by atoms with van der Waals surface area (Å²) in [5, 5.41) is 0.313. The second kappa shape index (κ2) is 5.45. The number of H-pyrrole nitrogens is 1. The number of para-hydroxylation sites is 1. The van der Waals surface area contributed by atoms with Crippen LogP contribution in [-0.4, -0.2) is 9.55 Å². The van der Waals surface area contributed by atoms with Crippen LogP contribution in [0.2, 0.25) is 0 Å². The number of rotatable bonds is 2. The molecule has 1 N–H and O–H groups in total. The Labute approximate surface area is 145 Å². The predicted molar refractivity (Wildman–Crippen MR) is 98.8 cm³/mol. The molecule has 1 fully saturated rings. The van der Waals surface area contributed by atoms with E-state index in [2.05, 4.69) is 4.98 Å². The summed E-state index contributed by atoms with van der Waals surface area (Å²) >= 11 is 0. The standard InChI is InChI=1S/C21H20N2O2/c24-20-15-10-5-11-16(15)22-17-12-18(13-6-4-7-13)23(21(25)19(17)20)14-8-2-1-3-9-14/h1-3,8-9,12-13H,4-7,10-11H2,(H,22,24). The number of aryl methyl sites for hydroxylation is 1. The van der Waals surface area contributed by atoms with E-state index in [9.17, 15) is 9.59 Å². The molecule has 5 rings (SSSR count). The van der Waals surface area contributed by atoms with Gasteiger partial charge in [-0.3, -0.25) is 14.2 Å². The number of nitrogens with one attached hydrogen (secondary N) is 1. The van der Waals surface area contributed by atoms with Crippen LogP contribution in [-0.2, 0) is 12.8 Å². The van der Waals surface area contributed by atoms with Gasteiger partial charge in [0.1, 0.15) is 5.39 Å². The van der Waals surface area contributed by atoms with Gasteiger partial charge < -0.3 is 4.98 Å². The zero-order valence-electron chi connectivity index (χ0n) is 14.0. The first-order chi connectivity index (χ1) is 12.2. The molecule has 0 amide bonds. The molecule has 0 bridgehead atoms. The summed E-state index contributed by atoms with van der Waals surface area (Å²) in [6, 6.07) is 11.7. The van der Waals surface area contributed by atoms with Crippen molar-refractivity contribution in [3.05, 3.63) is 73.9 Å². The molecule has 3 aromatic rings. The van der Waals surface area contributed by atoms with Crippen LogP contribution in [0.4, 0.5) is 0 Å². The first-order valence-electron chi connectivity index (χ1n) is 9.13. The van der Waals surface area contributed by atoms with Crippen LogP contribution in [0, 0.1) is 0 Å². The van der Waals surface area contributed by atoms with Gasteiger partial charge in [-0.15, -0.1) is 0 Å². The van der Waals surface area contributed by atoms with Crippen molar-refractivity contribution in [1.29, 1.82) is 0 Å². The molecule has 25 heavy (non-hydrogen) atoms. The van der Waals surface area contributed by atoms with Crippen molar-refractivity contribution in [2.75, 3.05) is 0 Å². The highest BCUT2D eigenvalue weighted by atomic mass is 16.1. The maximum absolute atomic E-state index is 13.4. The monoisotopic (exact) mass is 332 g/mol. The second-order valence-corrected chi connectivity index (χ2v) is 7.23. The molecule has 0 radical (unpaired) electrons. The highest BCUT2D eigenvalue weighted by Gasteiger charge is 2.27. The quantitative estimate of drug-likeness (QED) is 0.781. The van der Waals surface area contributed by atoms with E-state index in [1.54, 1.807) is 4.57 Å². The third kappa shape index (κ3) is 2.13. The van der Waals surface area contributed by atoms with Crippen molar-refractivity contribution >= 4 is 10.9 Å². The molecule has 0 atom stereocenters. The van der Waals surface area contributed by atoms with Crippen molar-refractivity contribution in [2.24, 2.45) is 0 Å². The average molecular weight is 332 g/mol. The molecule has 0 spiro atoms. The lowest BCUT2D eigenvalue weighted by atomic mass is 9.82. The van der Waals surface area contributed by atoms with E-state index in [-0.39, 0.29) is 11.0 Å². The summed E-state index contributed by atoms with van der Waals surface area (Å²) in [6.45, 7) is 0. The summed E-state index contributed by atoms with van der Waals surface area (Å²) in [4.78, 5) is 29.7. The molecular formula is C21H20N2O2. The predicted octanol–water partition coefficient (Wildman–Crippen LogP) is 3.44. The number of aromatic nitrogens is 2. The Balaban J connectivity index is 1.89. The second-order valence-electron chi connectivity index (χ2n) is 7.23. The van der Waals surface area contributed by atoms with Crippen LogP contribution >= 0.6 is 0 Å². The summed E-state index contributed by atoms with van der Waals surface area (Å²) in [7, 11) is 0. The van der Waals surface area contributed by atoms with Crippen LogP contribution in [0.1, 0.15) is 48.6 Å². The minimum atomic E-state index is -0.179. The number of benzene rings is 1. The smallest absolute Gasteiger partial charge is 0.268 e. The molecule has 4 nitrogen and oxygen atoms in total. The minimum Gasteiger partial charge on any atom is -0.358 e. The van der Waals surface area contributed by atoms with Gasteiger partial charge in [-0.25, -0.2) is 0 Å². The fourth-order valence-electron chi connectivity index (χ4n) is 4.24. The van der Waals surface area contributed by atoms with Gasteiger partial charge in [0.15, 0.2) is 5.43 Å². The molecule has 2 aromatic heterocycles. The van der Waals surface area contributed by atoms with Crippen molar-refractivity contribution in [2.45, 2.75) is 44.4 Å². The van der Waals surface area contributed by atoms with E-state index in [0.29, 0.717) is 16.8 Å². The van der Waals surface area contributed by atoms with Crippen LogP contribution < -0.4 is 11.0 Å². The van der Waals surface area contributed by atoms with Crippen molar-refractivity contribution in [1.82, 2.24) is 9.55 Å². The molecule has 2 aliphatic carbocycles. The van der Waals surface area contributed by atoms with E-state index in [1.807, 2.05) is 36.4 Å². The first-order valence-corrected chi connectivity index (χ1v) is 9.13.